The lowest BCUT2D eigenvalue weighted by molar-refractivity contribution is -0.189. The highest BCUT2D eigenvalue weighted by Gasteiger charge is 2.27. The molecule has 6 heteroatoms. The van der Waals surface area contributed by atoms with Crippen molar-refractivity contribution in [2.75, 3.05) is 13.2 Å². The summed E-state index contributed by atoms with van der Waals surface area (Å²) < 4.78 is 70.6. The number of unbranched alkanes of at least 4 members (excludes halogenated alkanes) is 1. The maximum Gasteiger partial charge on any atom is 0.166 e. The molecule has 1 fully saturated rings. The Kier molecular flexibility index (Phi) is 8.60. The Hall–Kier alpha value is -2.96. The molecule has 0 saturated carbocycles. The first-order chi connectivity index (χ1) is 17.4. The van der Waals surface area contributed by atoms with Gasteiger partial charge in [-0.05, 0) is 41.5 Å². The van der Waals surface area contributed by atoms with Gasteiger partial charge in [0.2, 0.25) is 0 Å². The van der Waals surface area contributed by atoms with Crippen LogP contribution in [0.5, 0.6) is 0 Å². The molecule has 1 aliphatic rings. The average Bonchev–Trinajstić information content (AvgIpc) is 2.90. The van der Waals surface area contributed by atoms with Crippen molar-refractivity contribution in [2.45, 2.75) is 51.2 Å². The van der Waals surface area contributed by atoms with E-state index in [1.807, 2.05) is 6.92 Å². The first-order valence-corrected chi connectivity index (χ1v) is 12.3. The van der Waals surface area contributed by atoms with E-state index in [0.717, 1.165) is 19.3 Å². The monoisotopic (exact) mass is 498 g/mol. The molecule has 2 nitrogen and oxygen atoms in total. The Balaban J connectivity index is 1.52. The smallest absolute Gasteiger partial charge is 0.166 e. The van der Waals surface area contributed by atoms with Crippen molar-refractivity contribution in [1.29, 1.82) is 0 Å². The fourth-order valence-corrected chi connectivity index (χ4v) is 4.45. The standard InChI is InChI=1S/C30H30F4O2/c1-3-5-7-21-13-14-23(28(32)27(21)31)19-9-11-20(12-10-19)24-15-16-25(30(34)29(24)33)22-17-35-26(36-18-22)8-6-4-2/h4,9-16,22,26H,2-3,5-8,17-18H2,1H3. The van der Waals surface area contributed by atoms with E-state index in [2.05, 4.69) is 6.58 Å². The van der Waals surface area contributed by atoms with Crippen LogP contribution in [0.2, 0.25) is 0 Å². The molecule has 1 aliphatic heterocycles. The summed E-state index contributed by atoms with van der Waals surface area (Å²) in [5.74, 6) is -4.05. The number of hydrogen-bond acceptors (Lipinski definition) is 2. The fourth-order valence-electron chi connectivity index (χ4n) is 4.45. The van der Waals surface area contributed by atoms with Crippen LogP contribution in [0.1, 0.15) is 49.7 Å². The summed E-state index contributed by atoms with van der Waals surface area (Å²) in [7, 11) is 0. The highest BCUT2D eigenvalue weighted by molar-refractivity contribution is 5.71. The number of hydrogen-bond donors (Lipinski definition) is 0. The zero-order valence-electron chi connectivity index (χ0n) is 20.3. The summed E-state index contributed by atoms with van der Waals surface area (Å²) >= 11 is 0. The molecule has 0 spiro atoms. The third kappa shape index (κ3) is 5.55. The minimum absolute atomic E-state index is 0.0888. The molecule has 190 valence electrons. The summed E-state index contributed by atoms with van der Waals surface area (Å²) in [4.78, 5) is 0. The largest absolute Gasteiger partial charge is 0.352 e. The first kappa shape index (κ1) is 26.1. The average molecular weight is 499 g/mol. The van der Waals surface area contributed by atoms with Gasteiger partial charge >= 0.3 is 0 Å². The van der Waals surface area contributed by atoms with Crippen molar-refractivity contribution in [2.24, 2.45) is 0 Å². The molecule has 3 aromatic carbocycles. The molecule has 0 bridgehead atoms. The highest BCUT2D eigenvalue weighted by atomic mass is 19.2. The van der Waals surface area contributed by atoms with E-state index in [0.29, 0.717) is 29.5 Å². The van der Waals surface area contributed by atoms with Crippen LogP contribution >= 0.6 is 0 Å². The van der Waals surface area contributed by atoms with E-state index in [-0.39, 0.29) is 36.2 Å². The fraction of sp³-hybridized carbons (Fsp3) is 0.333. The van der Waals surface area contributed by atoms with Gasteiger partial charge in [-0.2, -0.15) is 0 Å². The maximum absolute atomic E-state index is 15.1. The molecule has 0 amide bonds. The molecule has 1 heterocycles. The van der Waals surface area contributed by atoms with Crippen LogP contribution in [0, 0.1) is 23.3 Å². The van der Waals surface area contributed by atoms with E-state index in [1.54, 1.807) is 48.5 Å². The van der Waals surface area contributed by atoms with Gasteiger partial charge in [0, 0.05) is 23.5 Å². The lowest BCUT2D eigenvalue weighted by Gasteiger charge is -2.30. The molecule has 0 radical (unpaired) electrons. The van der Waals surface area contributed by atoms with Crippen LogP contribution < -0.4 is 0 Å². The maximum atomic E-state index is 15.1. The van der Waals surface area contributed by atoms with Crippen molar-refractivity contribution in [3.8, 4) is 22.3 Å². The topological polar surface area (TPSA) is 18.5 Å². The minimum Gasteiger partial charge on any atom is -0.352 e. The number of halogens is 4. The van der Waals surface area contributed by atoms with Crippen LogP contribution in [0.15, 0.2) is 61.2 Å². The number of allylic oxidation sites excluding steroid dienone is 1. The molecule has 0 aromatic heterocycles. The van der Waals surface area contributed by atoms with Crippen molar-refractivity contribution in [3.05, 3.63) is 95.6 Å². The predicted octanol–water partition coefficient (Wildman–Crippen LogP) is 8.34. The summed E-state index contributed by atoms with van der Waals surface area (Å²) in [6.45, 7) is 6.14. The van der Waals surface area contributed by atoms with Crippen molar-refractivity contribution >= 4 is 0 Å². The second-order valence-electron chi connectivity index (χ2n) is 9.07. The summed E-state index contributed by atoms with van der Waals surface area (Å²) in [5, 5.41) is 0. The summed E-state index contributed by atoms with van der Waals surface area (Å²) in [5.41, 5.74) is 1.67. The zero-order chi connectivity index (χ0) is 25.7. The Labute approximate surface area is 209 Å². The van der Waals surface area contributed by atoms with Gasteiger partial charge in [0.25, 0.3) is 0 Å². The Morgan fingerprint density at radius 3 is 1.97 bits per heavy atom. The molecule has 36 heavy (non-hydrogen) atoms. The molecule has 3 aromatic rings. The molecule has 0 unspecified atom stereocenters. The third-order valence-corrected chi connectivity index (χ3v) is 6.59. The molecule has 1 saturated heterocycles. The second-order valence-corrected chi connectivity index (χ2v) is 9.07. The summed E-state index contributed by atoms with van der Waals surface area (Å²) in [6, 6.07) is 12.5. The van der Waals surface area contributed by atoms with Crippen LogP contribution in [0.4, 0.5) is 17.6 Å². The van der Waals surface area contributed by atoms with Crippen LogP contribution in [0.3, 0.4) is 0 Å². The predicted molar refractivity (Wildman–Crippen MR) is 134 cm³/mol. The SMILES string of the molecule is C=CCCC1OCC(c2ccc(-c3ccc(-c4ccc(CCCC)c(F)c4F)cc3)c(F)c2F)CO1. The van der Waals surface area contributed by atoms with Gasteiger partial charge in [-0.3, -0.25) is 0 Å². The van der Waals surface area contributed by atoms with Gasteiger partial charge in [0.1, 0.15) is 0 Å². The van der Waals surface area contributed by atoms with Gasteiger partial charge in [0.05, 0.1) is 13.2 Å². The van der Waals surface area contributed by atoms with Crippen LogP contribution in [0.25, 0.3) is 22.3 Å². The zero-order valence-corrected chi connectivity index (χ0v) is 20.3. The van der Waals surface area contributed by atoms with E-state index in [9.17, 15) is 8.78 Å². The van der Waals surface area contributed by atoms with Gasteiger partial charge in [-0.1, -0.05) is 68.0 Å². The van der Waals surface area contributed by atoms with E-state index >= 15 is 8.78 Å². The Morgan fingerprint density at radius 2 is 1.39 bits per heavy atom. The molecule has 4 rings (SSSR count). The first-order valence-electron chi connectivity index (χ1n) is 12.3. The third-order valence-electron chi connectivity index (χ3n) is 6.59. The van der Waals surface area contributed by atoms with Crippen molar-refractivity contribution in [3.63, 3.8) is 0 Å². The van der Waals surface area contributed by atoms with Crippen molar-refractivity contribution in [1.82, 2.24) is 0 Å². The van der Waals surface area contributed by atoms with Crippen LogP contribution in [-0.4, -0.2) is 19.5 Å². The van der Waals surface area contributed by atoms with Gasteiger partial charge in [-0.25, -0.2) is 17.6 Å². The summed E-state index contributed by atoms with van der Waals surface area (Å²) in [6.07, 6.45) is 4.98. The molecular formula is C30H30F4O2. The second kappa shape index (κ2) is 11.8. The highest BCUT2D eigenvalue weighted by Crippen LogP contribution is 2.34. The van der Waals surface area contributed by atoms with E-state index < -0.39 is 29.2 Å². The number of aryl methyl sites for hydroxylation is 1. The number of ether oxygens (including phenoxy) is 2. The van der Waals surface area contributed by atoms with Crippen LogP contribution in [-0.2, 0) is 15.9 Å². The molecular weight excluding hydrogens is 468 g/mol. The van der Waals surface area contributed by atoms with Gasteiger partial charge in [0.15, 0.2) is 29.6 Å². The Morgan fingerprint density at radius 1 is 0.806 bits per heavy atom. The quantitative estimate of drug-likeness (QED) is 0.218. The van der Waals surface area contributed by atoms with Crippen molar-refractivity contribution < 1.29 is 27.0 Å². The van der Waals surface area contributed by atoms with Gasteiger partial charge in [-0.15, -0.1) is 6.58 Å². The Bertz CT molecular complexity index is 1200. The van der Waals surface area contributed by atoms with Gasteiger partial charge < -0.3 is 9.47 Å². The van der Waals surface area contributed by atoms with E-state index in [1.165, 1.54) is 6.07 Å². The lowest BCUT2D eigenvalue weighted by Crippen LogP contribution is -2.31. The van der Waals surface area contributed by atoms with E-state index in [4.69, 9.17) is 9.47 Å². The number of rotatable bonds is 9. The minimum atomic E-state index is -0.966. The lowest BCUT2D eigenvalue weighted by atomic mass is 9.94. The molecule has 0 aliphatic carbocycles. The normalized spacial score (nSPS) is 17.8. The molecule has 0 atom stereocenters. The molecule has 0 N–H and O–H groups in total. The number of benzene rings is 3.